The summed E-state index contributed by atoms with van der Waals surface area (Å²) in [5, 5.41) is 1.11. The zero-order valence-corrected chi connectivity index (χ0v) is 16.7. The zero-order chi connectivity index (χ0) is 20.3. The summed E-state index contributed by atoms with van der Waals surface area (Å²) in [6.07, 6.45) is -0.616. The van der Waals surface area contributed by atoms with E-state index in [1.807, 2.05) is 24.3 Å². The van der Waals surface area contributed by atoms with Crippen molar-refractivity contribution in [1.82, 2.24) is 10.4 Å². The molecule has 6 heteroatoms. The monoisotopic (exact) mass is 382 g/mol. The molecule has 1 N–H and O–H groups in total. The fourth-order valence-corrected chi connectivity index (χ4v) is 3.41. The van der Waals surface area contributed by atoms with E-state index in [2.05, 4.69) is 29.7 Å². The molecule has 0 saturated carbocycles. The van der Waals surface area contributed by atoms with Gasteiger partial charge in [0, 0.05) is 13.0 Å². The SMILES string of the molecule is CNN(CC(=O)OC(C)(C)C)C(=O)OCC1c2ccccc2-c2ccccc21. The molecule has 0 aromatic heterocycles. The van der Waals surface area contributed by atoms with Crippen LogP contribution in [0.4, 0.5) is 4.79 Å². The number of carbonyl (C=O) groups is 2. The number of fused-ring (bicyclic) bond motifs is 3. The van der Waals surface area contributed by atoms with Gasteiger partial charge in [-0.3, -0.25) is 4.79 Å². The van der Waals surface area contributed by atoms with E-state index in [4.69, 9.17) is 9.47 Å². The number of rotatable bonds is 5. The Morgan fingerprint density at radius 3 is 2.04 bits per heavy atom. The molecule has 2 aromatic rings. The molecule has 1 aliphatic rings. The van der Waals surface area contributed by atoms with Crippen molar-refractivity contribution in [2.75, 3.05) is 20.2 Å². The maximum Gasteiger partial charge on any atom is 0.424 e. The topological polar surface area (TPSA) is 67.9 Å². The zero-order valence-electron chi connectivity index (χ0n) is 16.7. The number of hydrogen-bond donors (Lipinski definition) is 1. The van der Waals surface area contributed by atoms with Gasteiger partial charge in [-0.25, -0.2) is 15.2 Å². The van der Waals surface area contributed by atoms with Crippen LogP contribution in [0, 0.1) is 0 Å². The third-order valence-electron chi connectivity index (χ3n) is 4.53. The third-order valence-corrected chi connectivity index (χ3v) is 4.53. The lowest BCUT2D eigenvalue weighted by Gasteiger charge is -2.24. The van der Waals surface area contributed by atoms with Gasteiger partial charge in [0.25, 0.3) is 0 Å². The molecule has 0 unspecified atom stereocenters. The molecule has 148 valence electrons. The fourth-order valence-electron chi connectivity index (χ4n) is 3.41. The number of hydrogen-bond acceptors (Lipinski definition) is 5. The molecule has 1 aliphatic carbocycles. The summed E-state index contributed by atoms with van der Waals surface area (Å²) in [6, 6.07) is 16.3. The van der Waals surface area contributed by atoms with Crippen molar-refractivity contribution in [2.24, 2.45) is 0 Å². The minimum Gasteiger partial charge on any atom is -0.459 e. The number of nitrogens with one attached hydrogen (secondary N) is 1. The molecule has 0 bridgehead atoms. The highest BCUT2D eigenvalue weighted by Crippen LogP contribution is 2.44. The number of esters is 1. The van der Waals surface area contributed by atoms with Gasteiger partial charge in [0.05, 0.1) is 0 Å². The summed E-state index contributed by atoms with van der Waals surface area (Å²) >= 11 is 0. The summed E-state index contributed by atoms with van der Waals surface area (Å²) < 4.78 is 10.8. The van der Waals surface area contributed by atoms with Gasteiger partial charge in [-0.05, 0) is 43.0 Å². The molecule has 6 nitrogen and oxygen atoms in total. The number of ether oxygens (including phenoxy) is 2. The van der Waals surface area contributed by atoms with Crippen LogP contribution in [0.25, 0.3) is 11.1 Å². The average Bonchev–Trinajstić information content (AvgIpc) is 2.97. The Balaban J connectivity index is 1.68. The third kappa shape index (κ3) is 4.34. The second-order valence-corrected chi connectivity index (χ2v) is 7.70. The molecule has 0 heterocycles. The highest BCUT2D eigenvalue weighted by molar-refractivity contribution is 5.80. The van der Waals surface area contributed by atoms with Gasteiger partial charge in [-0.1, -0.05) is 48.5 Å². The first kappa shape index (κ1) is 19.9. The van der Waals surface area contributed by atoms with Crippen LogP contribution in [0.5, 0.6) is 0 Å². The Kier molecular flexibility index (Phi) is 5.70. The first-order valence-electron chi connectivity index (χ1n) is 9.32. The molecule has 1 amide bonds. The van der Waals surface area contributed by atoms with Crippen molar-refractivity contribution in [2.45, 2.75) is 32.3 Å². The number of benzene rings is 2. The van der Waals surface area contributed by atoms with Crippen LogP contribution >= 0.6 is 0 Å². The van der Waals surface area contributed by atoms with Gasteiger partial charge < -0.3 is 9.47 Å². The maximum atomic E-state index is 12.5. The highest BCUT2D eigenvalue weighted by atomic mass is 16.6. The molecule has 0 saturated heterocycles. The van der Waals surface area contributed by atoms with Crippen molar-refractivity contribution in [3.05, 3.63) is 59.7 Å². The van der Waals surface area contributed by atoms with Crippen molar-refractivity contribution in [1.29, 1.82) is 0 Å². The molecule has 2 aromatic carbocycles. The van der Waals surface area contributed by atoms with Crippen molar-refractivity contribution in [3.63, 3.8) is 0 Å². The Hall–Kier alpha value is -2.86. The quantitative estimate of drug-likeness (QED) is 0.631. The van der Waals surface area contributed by atoms with Gasteiger partial charge >= 0.3 is 12.1 Å². The standard InChI is InChI=1S/C22H26N2O4/c1-22(2,3)28-20(25)13-24(23-4)21(26)27-14-19-17-11-7-5-9-15(17)16-10-6-8-12-18(16)19/h5-12,19,23H,13-14H2,1-4H3. The summed E-state index contributed by atoms with van der Waals surface area (Å²) in [7, 11) is 1.56. The van der Waals surface area contributed by atoms with Gasteiger partial charge in [0.15, 0.2) is 0 Å². The summed E-state index contributed by atoms with van der Waals surface area (Å²) in [5.41, 5.74) is 6.68. The van der Waals surface area contributed by atoms with Gasteiger partial charge in [-0.2, -0.15) is 0 Å². The van der Waals surface area contributed by atoms with Gasteiger partial charge in [-0.15, -0.1) is 0 Å². The molecule has 0 atom stereocenters. The van der Waals surface area contributed by atoms with E-state index >= 15 is 0 Å². The number of amides is 1. The molecule has 0 fully saturated rings. The highest BCUT2D eigenvalue weighted by Gasteiger charge is 2.30. The Morgan fingerprint density at radius 2 is 1.54 bits per heavy atom. The maximum absolute atomic E-state index is 12.5. The lowest BCUT2D eigenvalue weighted by Crippen LogP contribution is -2.46. The summed E-state index contributed by atoms with van der Waals surface area (Å²) in [4.78, 5) is 24.5. The molecule has 0 aliphatic heterocycles. The van der Waals surface area contributed by atoms with E-state index < -0.39 is 17.7 Å². The molecular formula is C22H26N2O4. The lowest BCUT2D eigenvalue weighted by atomic mass is 9.98. The van der Waals surface area contributed by atoms with E-state index in [0.717, 1.165) is 16.1 Å². The average molecular weight is 382 g/mol. The number of hydrazine groups is 1. The first-order valence-corrected chi connectivity index (χ1v) is 9.32. The van der Waals surface area contributed by atoms with Crippen LogP contribution in [0.3, 0.4) is 0 Å². The Bertz CT molecular complexity index is 827. The van der Waals surface area contributed by atoms with Crippen molar-refractivity contribution >= 4 is 12.1 Å². The van der Waals surface area contributed by atoms with Gasteiger partial charge in [0.2, 0.25) is 0 Å². The largest absolute Gasteiger partial charge is 0.459 e. The van der Waals surface area contributed by atoms with Crippen LogP contribution in [0.15, 0.2) is 48.5 Å². The fraction of sp³-hybridized carbons (Fsp3) is 0.364. The smallest absolute Gasteiger partial charge is 0.424 e. The van der Waals surface area contributed by atoms with Crippen LogP contribution in [-0.2, 0) is 14.3 Å². The van der Waals surface area contributed by atoms with E-state index in [9.17, 15) is 9.59 Å². The number of carbonyl (C=O) groups excluding carboxylic acids is 2. The van der Waals surface area contributed by atoms with Crippen LogP contribution in [0.1, 0.15) is 37.8 Å². The summed E-state index contributed by atoms with van der Waals surface area (Å²) in [5.74, 6) is -0.535. The predicted molar refractivity (Wildman–Crippen MR) is 107 cm³/mol. The first-order chi connectivity index (χ1) is 13.3. The Morgan fingerprint density at radius 1 is 1.00 bits per heavy atom. The lowest BCUT2D eigenvalue weighted by molar-refractivity contribution is -0.156. The van der Waals surface area contributed by atoms with Crippen molar-refractivity contribution in [3.8, 4) is 11.1 Å². The predicted octanol–water partition coefficient (Wildman–Crippen LogP) is 3.71. The molecule has 3 rings (SSSR count). The molecule has 0 radical (unpaired) electrons. The van der Waals surface area contributed by atoms with E-state index in [0.29, 0.717) is 0 Å². The molecule has 0 spiro atoms. The Labute approximate surface area is 165 Å². The van der Waals surface area contributed by atoms with Crippen LogP contribution in [0.2, 0.25) is 0 Å². The van der Waals surface area contributed by atoms with Crippen LogP contribution < -0.4 is 5.43 Å². The van der Waals surface area contributed by atoms with Crippen LogP contribution in [-0.4, -0.2) is 42.9 Å². The second-order valence-electron chi connectivity index (χ2n) is 7.70. The summed E-state index contributed by atoms with van der Waals surface area (Å²) in [6.45, 7) is 5.30. The second kappa shape index (κ2) is 8.02. The van der Waals surface area contributed by atoms with Crippen molar-refractivity contribution < 1.29 is 19.1 Å². The minimum atomic E-state index is -0.616. The van der Waals surface area contributed by atoms with Gasteiger partial charge in [0.1, 0.15) is 18.8 Å². The van der Waals surface area contributed by atoms with E-state index in [-0.39, 0.29) is 19.1 Å². The van der Waals surface area contributed by atoms with E-state index in [1.54, 1.807) is 27.8 Å². The minimum absolute atomic E-state index is 0.0309. The molecular weight excluding hydrogens is 356 g/mol. The molecule has 28 heavy (non-hydrogen) atoms. The van der Waals surface area contributed by atoms with E-state index in [1.165, 1.54) is 11.1 Å². The normalized spacial score (nSPS) is 12.9. The number of nitrogens with zero attached hydrogens (tertiary/aromatic N) is 1.